The molecule has 0 aliphatic carbocycles. The molecule has 2 heterocycles. The molecule has 0 saturated carbocycles. The van der Waals surface area contributed by atoms with E-state index in [1.807, 2.05) is 13.0 Å². The number of piperidine rings is 1. The number of anilines is 1. The second-order valence-corrected chi connectivity index (χ2v) is 4.62. The van der Waals surface area contributed by atoms with E-state index in [2.05, 4.69) is 15.6 Å². The minimum absolute atomic E-state index is 0.710. The van der Waals surface area contributed by atoms with E-state index in [0.29, 0.717) is 5.92 Å². The number of rotatable bonds is 4. The summed E-state index contributed by atoms with van der Waals surface area (Å²) < 4.78 is 5.30. The number of pyridine rings is 1. The minimum Gasteiger partial charge on any atom is -0.493 e. The maximum Gasteiger partial charge on any atom is 0.160 e. The molecule has 1 aromatic heterocycles. The van der Waals surface area contributed by atoms with Crippen LogP contribution in [0.25, 0.3) is 0 Å². The van der Waals surface area contributed by atoms with Crippen molar-refractivity contribution in [2.45, 2.75) is 19.8 Å². The summed E-state index contributed by atoms with van der Waals surface area (Å²) in [4.78, 5) is 4.23. The van der Waals surface area contributed by atoms with Crippen LogP contribution in [0.2, 0.25) is 0 Å². The first-order chi connectivity index (χ1) is 8.29. The van der Waals surface area contributed by atoms with Crippen molar-refractivity contribution in [3.8, 4) is 5.75 Å². The van der Waals surface area contributed by atoms with Crippen LogP contribution in [-0.2, 0) is 0 Å². The Labute approximate surface area is 103 Å². The first-order valence-corrected chi connectivity index (χ1v) is 6.25. The number of nitrogens with zero attached hydrogens (tertiary/aromatic N) is 1. The highest BCUT2D eigenvalue weighted by atomic mass is 16.5. The fourth-order valence-electron chi connectivity index (χ4n) is 2.20. The third-order valence-corrected chi connectivity index (χ3v) is 3.20. The van der Waals surface area contributed by atoms with Gasteiger partial charge in [-0.2, -0.15) is 0 Å². The summed E-state index contributed by atoms with van der Waals surface area (Å²) in [6.07, 6.45) is 4.35. The van der Waals surface area contributed by atoms with Gasteiger partial charge in [0.15, 0.2) is 5.75 Å². The van der Waals surface area contributed by atoms with E-state index in [-0.39, 0.29) is 0 Å². The Morgan fingerprint density at radius 1 is 1.59 bits per heavy atom. The molecule has 2 rings (SSSR count). The first kappa shape index (κ1) is 12.2. The molecule has 0 aromatic carbocycles. The van der Waals surface area contributed by atoms with E-state index in [0.717, 1.165) is 36.8 Å². The molecule has 1 fully saturated rings. The average molecular weight is 235 g/mol. The zero-order valence-electron chi connectivity index (χ0n) is 10.6. The van der Waals surface area contributed by atoms with Crippen LogP contribution >= 0.6 is 0 Å². The Hall–Kier alpha value is -1.29. The summed E-state index contributed by atoms with van der Waals surface area (Å²) in [5, 5.41) is 6.90. The minimum atomic E-state index is 0.710. The molecule has 0 amide bonds. The summed E-state index contributed by atoms with van der Waals surface area (Å²) >= 11 is 0. The largest absolute Gasteiger partial charge is 0.493 e. The fourth-order valence-corrected chi connectivity index (χ4v) is 2.20. The van der Waals surface area contributed by atoms with Gasteiger partial charge in [0.25, 0.3) is 0 Å². The lowest BCUT2D eigenvalue weighted by Gasteiger charge is -2.23. The van der Waals surface area contributed by atoms with Gasteiger partial charge in [0.05, 0.1) is 19.0 Å². The summed E-state index contributed by atoms with van der Waals surface area (Å²) in [5.41, 5.74) is 2.06. The predicted molar refractivity (Wildman–Crippen MR) is 69.6 cm³/mol. The first-order valence-electron chi connectivity index (χ1n) is 6.25. The number of nitrogens with one attached hydrogen (secondary N) is 2. The topological polar surface area (TPSA) is 46.2 Å². The molecule has 0 bridgehead atoms. The van der Waals surface area contributed by atoms with Crippen molar-refractivity contribution >= 4 is 5.69 Å². The number of methoxy groups -OCH3 is 1. The summed E-state index contributed by atoms with van der Waals surface area (Å²) in [6, 6.07) is 2.04. The molecular weight excluding hydrogens is 214 g/mol. The maximum atomic E-state index is 5.30. The SMILES string of the molecule is COc1cnc(C)cc1NCC1CCCNC1. The lowest BCUT2D eigenvalue weighted by atomic mass is 10.00. The Balaban J connectivity index is 1.95. The molecule has 0 spiro atoms. The van der Waals surface area contributed by atoms with Gasteiger partial charge in [-0.15, -0.1) is 0 Å². The maximum absolute atomic E-state index is 5.30. The van der Waals surface area contributed by atoms with Gasteiger partial charge < -0.3 is 15.4 Å². The van der Waals surface area contributed by atoms with Gasteiger partial charge in [-0.25, -0.2) is 0 Å². The summed E-state index contributed by atoms with van der Waals surface area (Å²) in [6.45, 7) is 5.26. The van der Waals surface area contributed by atoms with Gasteiger partial charge >= 0.3 is 0 Å². The van der Waals surface area contributed by atoms with Gasteiger partial charge in [0.1, 0.15) is 0 Å². The number of ether oxygens (including phenoxy) is 1. The van der Waals surface area contributed by atoms with Crippen molar-refractivity contribution in [1.82, 2.24) is 10.3 Å². The highest BCUT2D eigenvalue weighted by Gasteiger charge is 2.13. The monoisotopic (exact) mass is 235 g/mol. The van der Waals surface area contributed by atoms with Gasteiger partial charge in [0.2, 0.25) is 0 Å². The average Bonchev–Trinajstić information content (AvgIpc) is 2.38. The van der Waals surface area contributed by atoms with E-state index in [4.69, 9.17) is 4.74 Å². The molecule has 1 unspecified atom stereocenters. The normalized spacial score (nSPS) is 20.0. The molecule has 1 aliphatic heterocycles. The van der Waals surface area contributed by atoms with Crippen molar-refractivity contribution in [3.63, 3.8) is 0 Å². The lowest BCUT2D eigenvalue weighted by molar-refractivity contribution is 0.390. The Morgan fingerprint density at radius 2 is 2.47 bits per heavy atom. The van der Waals surface area contributed by atoms with Crippen LogP contribution in [0.5, 0.6) is 5.75 Å². The van der Waals surface area contributed by atoms with Crippen molar-refractivity contribution < 1.29 is 4.74 Å². The van der Waals surface area contributed by atoms with Crippen molar-refractivity contribution in [1.29, 1.82) is 0 Å². The van der Waals surface area contributed by atoms with E-state index >= 15 is 0 Å². The summed E-state index contributed by atoms with van der Waals surface area (Å²) in [5.74, 6) is 1.53. The molecule has 1 atom stereocenters. The molecular formula is C13H21N3O. The molecule has 17 heavy (non-hydrogen) atoms. The molecule has 1 aliphatic rings. The Morgan fingerprint density at radius 3 is 3.18 bits per heavy atom. The van der Waals surface area contributed by atoms with Gasteiger partial charge in [-0.1, -0.05) is 0 Å². The van der Waals surface area contributed by atoms with Crippen molar-refractivity contribution in [3.05, 3.63) is 18.0 Å². The summed E-state index contributed by atoms with van der Waals surface area (Å²) in [7, 11) is 1.68. The van der Waals surface area contributed by atoms with Gasteiger partial charge in [0, 0.05) is 12.2 Å². The molecule has 1 aromatic rings. The third kappa shape index (κ3) is 3.33. The Kier molecular flexibility index (Phi) is 4.20. The van der Waals surface area contributed by atoms with Crippen molar-refractivity contribution in [2.75, 3.05) is 32.1 Å². The van der Waals surface area contributed by atoms with Crippen molar-refractivity contribution in [2.24, 2.45) is 5.92 Å². The van der Waals surface area contributed by atoms with E-state index in [9.17, 15) is 0 Å². The zero-order valence-corrected chi connectivity index (χ0v) is 10.6. The van der Waals surface area contributed by atoms with E-state index in [1.54, 1.807) is 13.3 Å². The second-order valence-electron chi connectivity index (χ2n) is 4.62. The quantitative estimate of drug-likeness (QED) is 0.835. The molecule has 2 N–H and O–H groups in total. The zero-order chi connectivity index (χ0) is 12.1. The number of aromatic nitrogens is 1. The molecule has 94 valence electrons. The molecule has 4 nitrogen and oxygen atoms in total. The number of hydrogen-bond acceptors (Lipinski definition) is 4. The lowest BCUT2D eigenvalue weighted by Crippen LogP contribution is -2.33. The van der Waals surface area contributed by atoms with Crippen LogP contribution in [0.15, 0.2) is 12.3 Å². The second kappa shape index (κ2) is 5.87. The van der Waals surface area contributed by atoms with E-state index < -0.39 is 0 Å². The standard InChI is InChI=1S/C13H21N3O/c1-10-6-12(13(17-2)9-15-10)16-8-11-4-3-5-14-7-11/h6,9,11,14H,3-5,7-8H2,1-2H3,(H,15,16). The fraction of sp³-hybridized carbons (Fsp3) is 0.615. The van der Waals surface area contributed by atoms with Crippen LogP contribution in [0, 0.1) is 12.8 Å². The van der Waals surface area contributed by atoms with Crippen LogP contribution < -0.4 is 15.4 Å². The highest BCUT2D eigenvalue weighted by Crippen LogP contribution is 2.24. The van der Waals surface area contributed by atoms with Crippen LogP contribution in [-0.4, -0.2) is 31.7 Å². The smallest absolute Gasteiger partial charge is 0.160 e. The molecule has 1 saturated heterocycles. The third-order valence-electron chi connectivity index (χ3n) is 3.20. The number of hydrogen-bond donors (Lipinski definition) is 2. The van der Waals surface area contributed by atoms with Crippen LogP contribution in [0.4, 0.5) is 5.69 Å². The highest BCUT2D eigenvalue weighted by molar-refractivity contribution is 5.55. The predicted octanol–water partition coefficient (Wildman–Crippen LogP) is 1.81. The molecule has 4 heteroatoms. The molecule has 0 radical (unpaired) electrons. The van der Waals surface area contributed by atoms with Gasteiger partial charge in [-0.05, 0) is 44.8 Å². The van der Waals surface area contributed by atoms with E-state index in [1.165, 1.54) is 12.8 Å². The number of aryl methyl sites for hydroxylation is 1. The Bertz CT molecular complexity index is 362. The van der Waals surface area contributed by atoms with Crippen LogP contribution in [0.3, 0.4) is 0 Å². The van der Waals surface area contributed by atoms with Crippen LogP contribution in [0.1, 0.15) is 18.5 Å². The van der Waals surface area contributed by atoms with Gasteiger partial charge in [-0.3, -0.25) is 4.98 Å².